The molecule has 2 fully saturated rings. The van der Waals surface area contributed by atoms with Gasteiger partial charge in [0.05, 0.1) is 16.8 Å². The van der Waals surface area contributed by atoms with Crippen molar-refractivity contribution in [1.82, 2.24) is 0 Å². The third-order valence-corrected chi connectivity index (χ3v) is 8.84. The predicted molar refractivity (Wildman–Crippen MR) is 101 cm³/mol. The minimum absolute atomic E-state index is 0.130. The van der Waals surface area contributed by atoms with E-state index in [2.05, 4.69) is 13.8 Å². The molecule has 0 radical (unpaired) electrons. The number of sulfone groups is 1. The van der Waals surface area contributed by atoms with Crippen molar-refractivity contribution in [3.8, 4) is 0 Å². The number of rotatable bonds is 6. The van der Waals surface area contributed by atoms with E-state index >= 15 is 0 Å². The number of aliphatic hydroxyl groups is 1. The van der Waals surface area contributed by atoms with Crippen LogP contribution in [-0.4, -0.2) is 25.4 Å². The van der Waals surface area contributed by atoms with E-state index < -0.39 is 9.84 Å². The Morgan fingerprint density at radius 3 is 2.64 bits per heavy atom. The molecule has 0 bridgehead atoms. The molecule has 0 saturated heterocycles. The number of hydrogen-bond acceptors (Lipinski definition) is 3. The highest BCUT2D eigenvalue weighted by Crippen LogP contribution is 2.58. The molecule has 3 rings (SSSR count). The molecule has 0 aromatic heterocycles. The second-order valence-electron chi connectivity index (χ2n) is 8.51. The van der Waals surface area contributed by atoms with Gasteiger partial charge in [0.25, 0.3) is 0 Å². The first-order valence-electron chi connectivity index (χ1n) is 9.80. The molecule has 2 saturated carbocycles. The fourth-order valence-corrected chi connectivity index (χ4v) is 7.02. The van der Waals surface area contributed by atoms with Gasteiger partial charge in [-0.3, -0.25) is 0 Å². The monoisotopic (exact) mass is 364 g/mol. The molecule has 0 heterocycles. The maximum absolute atomic E-state index is 12.4. The molecule has 5 atom stereocenters. The fraction of sp³-hybridized carbons (Fsp3) is 0.714. The van der Waals surface area contributed by atoms with Gasteiger partial charge in [-0.2, -0.15) is 0 Å². The van der Waals surface area contributed by atoms with Crippen LogP contribution in [0.5, 0.6) is 0 Å². The van der Waals surface area contributed by atoms with Crippen molar-refractivity contribution >= 4 is 9.84 Å². The Morgan fingerprint density at radius 1 is 1.20 bits per heavy atom. The number of fused-ring (bicyclic) bond motifs is 1. The number of benzene rings is 1. The second kappa shape index (κ2) is 7.40. The summed E-state index contributed by atoms with van der Waals surface area (Å²) in [5, 5.41) is 10.4. The van der Waals surface area contributed by atoms with E-state index in [0.717, 1.165) is 32.1 Å². The minimum atomic E-state index is -3.17. The molecular formula is C21H32O3S. The van der Waals surface area contributed by atoms with E-state index in [1.807, 2.05) is 6.07 Å². The molecule has 140 valence electrons. The molecule has 3 nitrogen and oxygen atoms in total. The van der Waals surface area contributed by atoms with Crippen molar-refractivity contribution in [2.24, 2.45) is 23.2 Å². The van der Waals surface area contributed by atoms with Crippen molar-refractivity contribution in [2.45, 2.75) is 69.8 Å². The van der Waals surface area contributed by atoms with E-state index in [-0.39, 0.29) is 17.3 Å². The van der Waals surface area contributed by atoms with Crippen molar-refractivity contribution in [2.75, 3.05) is 5.75 Å². The smallest absolute Gasteiger partial charge is 0.178 e. The first kappa shape index (κ1) is 18.9. The molecular weight excluding hydrogens is 332 g/mol. The molecule has 0 spiro atoms. The van der Waals surface area contributed by atoms with Crippen LogP contribution in [0.4, 0.5) is 0 Å². The van der Waals surface area contributed by atoms with Gasteiger partial charge < -0.3 is 5.11 Å². The van der Waals surface area contributed by atoms with Crippen LogP contribution in [0, 0.1) is 23.2 Å². The van der Waals surface area contributed by atoms with Gasteiger partial charge in [-0.15, -0.1) is 0 Å². The van der Waals surface area contributed by atoms with E-state index in [0.29, 0.717) is 22.6 Å². The summed E-state index contributed by atoms with van der Waals surface area (Å²) in [4.78, 5) is 0.436. The summed E-state index contributed by atoms with van der Waals surface area (Å²) in [5.74, 6) is 1.82. The Labute approximate surface area is 152 Å². The Balaban J connectivity index is 1.57. The van der Waals surface area contributed by atoms with Crippen molar-refractivity contribution < 1.29 is 13.5 Å². The van der Waals surface area contributed by atoms with Crippen LogP contribution in [0.3, 0.4) is 0 Å². The van der Waals surface area contributed by atoms with Crippen LogP contribution in [0.15, 0.2) is 35.2 Å². The van der Waals surface area contributed by atoms with Crippen LogP contribution < -0.4 is 0 Å². The number of hydrogen-bond donors (Lipinski definition) is 1. The molecule has 4 heteroatoms. The van der Waals surface area contributed by atoms with E-state index in [1.165, 1.54) is 12.8 Å². The van der Waals surface area contributed by atoms with Crippen LogP contribution in [0.2, 0.25) is 0 Å². The third kappa shape index (κ3) is 3.80. The maximum atomic E-state index is 12.4. The SMILES string of the molecule is C[C@H](CCCS(=O)(=O)c1ccccc1)[C@H]1CCC2C(O)CCC[C@@]21C. The van der Waals surface area contributed by atoms with Gasteiger partial charge >= 0.3 is 0 Å². The van der Waals surface area contributed by atoms with Crippen LogP contribution in [0.1, 0.15) is 58.8 Å². The Hall–Kier alpha value is -0.870. The molecule has 2 aliphatic rings. The summed E-state index contributed by atoms with van der Waals surface area (Å²) in [6.07, 6.45) is 7.16. The lowest BCUT2D eigenvalue weighted by atomic mass is 9.61. The van der Waals surface area contributed by atoms with Crippen molar-refractivity contribution in [3.05, 3.63) is 30.3 Å². The highest BCUT2D eigenvalue weighted by molar-refractivity contribution is 7.91. The molecule has 0 amide bonds. The molecule has 1 N–H and O–H groups in total. The normalized spacial score (nSPS) is 33.8. The first-order chi connectivity index (χ1) is 11.8. The molecule has 0 aliphatic heterocycles. The third-order valence-electron chi connectivity index (χ3n) is 7.02. The van der Waals surface area contributed by atoms with E-state index in [9.17, 15) is 13.5 Å². The standard InChI is InChI=1S/C21H32O3S/c1-16(8-7-15-25(23,24)17-9-4-3-5-10-17)18-12-13-19-20(22)11-6-14-21(18,19)2/h3-5,9-10,16,18-20,22H,6-8,11-15H2,1-2H3/t16-,18-,19?,20?,21-/m1/s1. The van der Waals surface area contributed by atoms with Crippen LogP contribution in [0.25, 0.3) is 0 Å². The van der Waals surface area contributed by atoms with Gasteiger partial charge in [0.15, 0.2) is 9.84 Å². The summed E-state index contributed by atoms with van der Waals surface area (Å²) in [6, 6.07) is 8.78. The average Bonchev–Trinajstić information content (AvgIpc) is 2.94. The average molecular weight is 365 g/mol. The lowest BCUT2D eigenvalue weighted by Crippen LogP contribution is -2.41. The Kier molecular flexibility index (Phi) is 5.60. The summed E-state index contributed by atoms with van der Waals surface area (Å²) in [7, 11) is -3.17. The van der Waals surface area contributed by atoms with Gasteiger partial charge in [-0.05, 0) is 73.8 Å². The van der Waals surface area contributed by atoms with Crippen molar-refractivity contribution in [1.29, 1.82) is 0 Å². The van der Waals surface area contributed by atoms with E-state index in [1.54, 1.807) is 24.3 Å². The molecule has 1 aromatic carbocycles. The Bertz CT molecular complexity index is 670. The largest absolute Gasteiger partial charge is 0.393 e. The lowest BCUT2D eigenvalue weighted by Gasteiger charge is -2.45. The van der Waals surface area contributed by atoms with Gasteiger partial charge in [-0.1, -0.05) is 38.5 Å². The predicted octanol–water partition coefficient (Wildman–Crippen LogP) is 4.45. The quantitative estimate of drug-likeness (QED) is 0.811. The zero-order chi connectivity index (χ0) is 18.1. The van der Waals surface area contributed by atoms with Crippen molar-refractivity contribution in [3.63, 3.8) is 0 Å². The summed E-state index contributed by atoms with van der Waals surface area (Å²) in [6.45, 7) is 4.66. The zero-order valence-corrected chi connectivity index (χ0v) is 16.3. The van der Waals surface area contributed by atoms with Gasteiger partial charge in [-0.25, -0.2) is 8.42 Å². The zero-order valence-electron chi connectivity index (χ0n) is 15.5. The van der Waals surface area contributed by atoms with Gasteiger partial charge in [0, 0.05) is 0 Å². The highest BCUT2D eigenvalue weighted by Gasteiger charge is 2.51. The summed E-state index contributed by atoms with van der Waals surface area (Å²) in [5.41, 5.74) is 0.245. The van der Waals surface area contributed by atoms with E-state index in [4.69, 9.17) is 0 Å². The van der Waals surface area contributed by atoms with Gasteiger partial charge in [0.1, 0.15) is 0 Å². The molecule has 25 heavy (non-hydrogen) atoms. The molecule has 2 unspecified atom stereocenters. The fourth-order valence-electron chi connectivity index (χ4n) is 5.67. The summed E-state index contributed by atoms with van der Waals surface area (Å²) < 4.78 is 24.9. The first-order valence-corrected chi connectivity index (χ1v) is 11.5. The highest BCUT2D eigenvalue weighted by atomic mass is 32.2. The van der Waals surface area contributed by atoms with Crippen LogP contribution >= 0.6 is 0 Å². The van der Waals surface area contributed by atoms with Crippen LogP contribution in [-0.2, 0) is 9.84 Å². The molecule has 1 aromatic rings. The molecule has 2 aliphatic carbocycles. The number of aliphatic hydroxyl groups excluding tert-OH is 1. The topological polar surface area (TPSA) is 54.4 Å². The second-order valence-corrected chi connectivity index (χ2v) is 10.6. The van der Waals surface area contributed by atoms with Gasteiger partial charge in [0.2, 0.25) is 0 Å². The Morgan fingerprint density at radius 2 is 1.92 bits per heavy atom. The summed E-state index contributed by atoms with van der Waals surface area (Å²) >= 11 is 0. The maximum Gasteiger partial charge on any atom is 0.178 e. The lowest BCUT2D eigenvalue weighted by molar-refractivity contribution is -0.0276. The minimum Gasteiger partial charge on any atom is -0.393 e.